The van der Waals surface area contributed by atoms with E-state index in [0.717, 1.165) is 16.3 Å². The van der Waals surface area contributed by atoms with Crippen LogP contribution in [0.5, 0.6) is 5.75 Å². The van der Waals surface area contributed by atoms with Crippen molar-refractivity contribution in [1.29, 1.82) is 0 Å². The molecule has 0 aliphatic heterocycles. The smallest absolute Gasteiger partial charge is 0.140 e. The van der Waals surface area contributed by atoms with Gasteiger partial charge in [-0.1, -0.05) is 18.2 Å². The second-order valence-corrected chi connectivity index (χ2v) is 5.51. The minimum absolute atomic E-state index is 0.474. The summed E-state index contributed by atoms with van der Waals surface area (Å²) in [6.45, 7) is 2.55. The van der Waals surface area contributed by atoms with Crippen molar-refractivity contribution >= 4 is 27.2 Å². The summed E-state index contributed by atoms with van der Waals surface area (Å²) in [6.07, 6.45) is 0. The summed E-state index contributed by atoms with van der Waals surface area (Å²) < 4.78 is 6.91. The van der Waals surface area contributed by atoms with Gasteiger partial charge in [0.1, 0.15) is 17.4 Å². The lowest BCUT2D eigenvalue weighted by atomic mass is 10.2. The Morgan fingerprint density at radius 1 is 1.21 bits per heavy atom. The number of benzene rings is 2. The van der Waals surface area contributed by atoms with Gasteiger partial charge < -0.3 is 10.5 Å². The summed E-state index contributed by atoms with van der Waals surface area (Å²) >= 11 is 1.67. The highest BCUT2D eigenvalue weighted by atomic mass is 32.1. The van der Waals surface area contributed by atoms with Gasteiger partial charge in [-0.2, -0.15) is 0 Å². The van der Waals surface area contributed by atoms with Gasteiger partial charge in [-0.15, -0.1) is 11.3 Å². The molecule has 0 aliphatic rings. The number of aryl methyl sites for hydroxylation is 1. The molecule has 0 aliphatic carbocycles. The Morgan fingerprint density at radius 2 is 2.05 bits per heavy atom. The number of nitrogen functional groups attached to an aromatic ring is 1. The number of rotatable bonds is 3. The minimum Gasteiger partial charge on any atom is -0.486 e. The molecule has 0 amide bonds. The zero-order chi connectivity index (χ0) is 13.2. The number of hydrogen-bond acceptors (Lipinski definition) is 4. The molecule has 0 saturated heterocycles. The van der Waals surface area contributed by atoms with Gasteiger partial charge in [0.15, 0.2) is 0 Å². The van der Waals surface area contributed by atoms with Crippen LogP contribution in [0, 0.1) is 6.92 Å². The number of nitrogens with zero attached hydrogens (tertiary/aromatic N) is 1. The van der Waals surface area contributed by atoms with E-state index in [4.69, 9.17) is 10.5 Å². The number of aromatic nitrogens is 1. The van der Waals surface area contributed by atoms with Crippen LogP contribution in [-0.2, 0) is 6.61 Å². The molecule has 0 unspecified atom stereocenters. The van der Waals surface area contributed by atoms with E-state index >= 15 is 0 Å². The molecule has 0 bridgehead atoms. The zero-order valence-electron chi connectivity index (χ0n) is 10.6. The molecule has 0 saturated carbocycles. The molecule has 1 heterocycles. The van der Waals surface area contributed by atoms with Crippen molar-refractivity contribution in [2.45, 2.75) is 13.5 Å². The van der Waals surface area contributed by atoms with Crippen LogP contribution in [0.3, 0.4) is 0 Å². The first-order chi connectivity index (χ1) is 9.22. The quantitative estimate of drug-likeness (QED) is 0.737. The van der Waals surface area contributed by atoms with E-state index in [9.17, 15) is 0 Å². The second-order valence-electron chi connectivity index (χ2n) is 4.39. The number of hydrogen-bond donors (Lipinski definition) is 1. The Labute approximate surface area is 115 Å². The predicted molar refractivity (Wildman–Crippen MR) is 79.5 cm³/mol. The highest BCUT2D eigenvalue weighted by molar-refractivity contribution is 7.18. The van der Waals surface area contributed by atoms with Gasteiger partial charge in [0.05, 0.1) is 10.2 Å². The Kier molecular flexibility index (Phi) is 3.09. The Morgan fingerprint density at radius 3 is 2.84 bits per heavy atom. The van der Waals surface area contributed by atoms with Crippen LogP contribution in [-0.4, -0.2) is 4.98 Å². The van der Waals surface area contributed by atoms with Crippen LogP contribution >= 0.6 is 11.3 Å². The van der Waals surface area contributed by atoms with E-state index in [1.165, 1.54) is 10.3 Å². The summed E-state index contributed by atoms with van der Waals surface area (Å²) in [7, 11) is 0. The van der Waals surface area contributed by atoms with Gasteiger partial charge in [-0.05, 0) is 30.7 Å². The highest BCUT2D eigenvalue weighted by Crippen LogP contribution is 2.25. The standard InChI is InChI=1S/C15H14N2OS/c1-10-4-2-7-13-15(10)17-14(19-13)9-18-12-6-3-5-11(16)8-12/h2-8H,9,16H2,1H3. The maximum absolute atomic E-state index is 5.72. The third kappa shape index (κ3) is 2.53. The highest BCUT2D eigenvalue weighted by Gasteiger charge is 2.06. The number of ether oxygens (including phenoxy) is 1. The largest absolute Gasteiger partial charge is 0.486 e. The lowest BCUT2D eigenvalue weighted by Gasteiger charge is -2.04. The van der Waals surface area contributed by atoms with Crippen LogP contribution in [0.2, 0.25) is 0 Å². The minimum atomic E-state index is 0.474. The number of nitrogens with two attached hydrogens (primary N) is 1. The van der Waals surface area contributed by atoms with E-state index in [2.05, 4.69) is 30.1 Å². The predicted octanol–water partition coefficient (Wildman–Crippen LogP) is 3.77. The molecule has 0 atom stereocenters. The molecular weight excluding hydrogens is 256 g/mol. The molecule has 0 radical (unpaired) electrons. The zero-order valence-corrected chi connectivity index (χ0v) is 11.4. The van der Waals surface area contributed by atoms with Crippen molar-refractivity contribution in [2.75, 3.05) is 5.73 Å². The van der Waals surface area contributed by atoms with Crippen molar-refractivity contribution < 1.29 is 4.74 Å². The summed E-state index contributed by atoms with van der Waals surface area (Å²) in [5.74, 6) is 0.774. The number of fused-ring (bicyclic) bond motifs is 1. The van der Waals surface area contributed by atoms with Crippen molar-refractivity contribution in [2.24, 2.45) is 0 Å². The topological polar surface area (TPSA) is 48.1 Å². The fraction of sp³-hybridized carbons (Fsp3) is 0.133. The van der Waals surface area contributed by atoms with Gasteiger partial charge in [0.25, 0.3) is 0 Å². The van der Waals surface area contributed by atoms with Crippen molar-refractivity contribution in [3.8, 4) is 5.75 Å². The molecule has 2 aromatic carbocycles. The van der Waals surface area contributed by atoms with Crippen molar-refractivity contribution in [3.05, 3.63) is 53.0 Å². The van der Waals surface area contributed by atoms with Crippen molar-refractivity contribution in [1.82, 2.24) is 4.98 Å². The van der Waals surface area contributed by atoms with E-state index in [1.54, 1.807) is 11.3 Å². The lowest BCUT2D eigenvalue weighted by molar-refractivity contribution is 0.306. The van der Waals surface area contributed by atoms with Crippen LogP contribution < -0.4 is 10.5 Å². The molecule has 1 aromatic heterocycles. The molecule has 4 heteroatoms. The maximum atomic E-state index is 5.72. The number of thiazole rings is 1. The van der Waals surface area contributed by atoms with Gasteiger partial charge in [0.2, 0.25) is 0 Å². The Bertz CT molecular complexity index is 721. The molecular formula is C15H14N2OS. The fourth-order valence-electron chi connectivity index (χ4n) is 1.94. The Balaban J connectivity index is 1.80. The van der Waals surface area contributed by atoms with Crippen LogP contribution in [0.4, 0.5) is 5.69 Å². The molecule has 3 aromatic rings. The van der Waals surface area contributed by atoms with Gasteiger partial charge >= 0.3 is 0 Å². The summed E-state index contributed by atoms with van der Waals surface area (Å²) in [5.41, 5.74) is 8.69. The van der Waals surface area contributed by atoms with Crippen LogP contribution in [0.1, 0.15) is 10.6 Å². The summed E-state index contributed by atoms with van der Waals surface area (Å²) in [6, 6.07) is 13.7. The first-order valence-corrected chi connectivity index (χ1v) is 6.87. The lowest BCUT2D eigenvalue weighted by Crippen LogP contribution is -1.95. The van der Waals surface area contributed by atoms with E-state index in [0.29, 0.717) is 12.3 Å². The summed E-state index contributed by atoms with van der Waals surface area (Å²) in [4.78, 5) is 4.61. The molecule has 19 heavy (non-hydrogen) atoms. The van der Waals surface area contributed by atoms with Gasteiger partial charge in [-0.25, -0.2) is 4.98 Å². The molecule has 96 valence electrons. The third-order valence-electron chi connectivity index (χ3n) is 2.89. The fourth-order valence-corrected chi connectivity index (χ4v) is 2.90. The SMILES string of the molecule is Cc1cccc2sc(COc3cccc(N)c3)nc12. The summed E-state index contributed by atoms with van der Waals surface area (Å²) in [5, 5.41) is 0.978. The number of para-hydroxylation sites is 1. The van der Waals surface area contributed by atoms with Gasteiger partial charge in [0, 0.05) is 11.8 Å². The first-order valence-electron chi connectivity index (χ1n) is 6.06. The number of anilines is 1. The first kappa shape index (κ1) is 12.0. The molecule has 3 rings (SSSR count). The van der Waals surface area contributed by atoms with Crippen LogP contribution in [0.15, 0.2) is 42.5 Å². The average Bonchev–Trinajstić information content (AvgIpc) is 2.81. The normalized spacial score (nSPS) is 10.8. The van der Waals surface area contributed by atoms with E-state index < -0.39 is 0 Å². The molecule has 0 fully saturated rings. The maximum Gasteiger partial charge on any atom is 0.140 e. The Hall–Kier alpha value is -2.07. The average molecular weight is 270 g/mol. The van der Waals surface area contributed by atoms with E-state index in [-0.39, 0.29) is 0 Å². The monoisotopic (exact) mass is 270 g/mol. The van der Waals surface area contributed by atoms with E-state index in [1.807, 2.05) is 24.3 Å². The molecule has 2 N–H and O–H groups in total. The van der Waals surface area contributed by atoms with Crippen molar-refractivity contribution in [3.63, 3.8) is 0 Å². The second kappa shape index (κ2) is 4.90. The third-order valence-corrected chi connectivity index (χ3v) is 3.88. The van der Waals surface area contributed by atoms with Gasteiger partial charge in [-0.3, -0.25) is 0 Å². The molecule has 3 nitrogen and oxygen atoms in total. The van der Waals surface area contributed by atoms with Crippen LogP contribution in [0.25, 0.3) is 10.2 Å². The molecule has 0 spiro atoms.